The number of rotatable bonds is 7. The summed E-state index contributed by atoms with van der Waals surface area (Å²) in [5.41, 5.74) is 0.191. The summed E-state index contributed by atoms with van der Waals surface area (Å²) in [5, 5.41) is 0. The van der Waals surface area contributed by atoms with Gasteiger partial charge in [0.1, 0.15) is 19.4 Å². The van der Waals surface area contributed by atoms with E-state index in [2.05, 4.69) is 0 Å². The van der Waals surface area contributed by atoms with Crippen LogP contribution >= 0.6 is 0 Å². The van der Waals surface area contributed by atoms with Crippen LogP contribution in [0.4, 0.5) is 0 Å². The molecule has 0 aliphatic carbocycles. The van der Waals surface area contributed by atoms with Gasteiger partial charge >= 0.3 is 5.97 Å². The summed E-state index contributed by atoms with van der Waals surface area (Å²) in [5.74, 6) is -0.799. The lowest BCUT2D eigenvalue weighted by Gasteiger charge is -2.37. The first-order chi connectivity index (χ1) is 13.4. The fourth-order valence-electron chi connectivity index (χ4n) is 3.22. The molecular formula is C22H23NO5. The number of esters is 1. The number of ketones is 1. The molecule has 0 radical (unpaired) electrons. The van der Waals surface area contributed by atoms with Crippen LogP contribution in [-0.4, -0.2) is 47.5 Å². The first kappa shape index (κ1) is 19.8. The average Bonchev–Trinajstić information content (AvgIpc) is 3.08. The molecule has 1 atom stereocenters. The molecule has 3 rings (SSSR count). The first-order valence-electron chi connectivity index (χ1n) is 9.13. The van der Waals surface area contributed by atoms with Crippen molar-refractivity contribution in [1.82, 2.24) is 4.90 Å². The van der Waals surface area contributed by atoms with Crippen molar-refractivity contribution in [2.24, 2.45) is 0 Å². The van der Waals surface area contributed by atoms with Crippen LogP contribution in [-0.2, 0) is 14.3 Å². The lowest BCUT2D eigenvalue weighted by Crippen LogP contribution is -2.53. The lowest BCUT2D eigenvalue weighted by molar-refractivity contribution is -0.135. The Morgan fingerprint density at radius 1 is 1.04 bits per heavy atom. The third-order valence-electron chi connectivity index (χ3n) is 4.63. The van der Waals surface area contributed by atoms with Crippen molar-refractivity contribution in [3.8, 4) is 0 Å². The monoisotopic (exact) mass is 381 g/mol. The molecule has 0 bridgehead atoms. The zero-order valence-corrected chi connectivity index (χ0v) is 16.0. The Morgan fingerprint density at radius 2 is 1.61 bits per heavy atom. The van der Waals surface area contributed by atoms with Gasteiger partial charge in [0.05, 0.1) is 17.5 Å². The quantitative estimate of drug-likeness (QED) is 0.544. The summed E-state index contributed by atoms with van der Waals surface area (Å²) in [6.45, 7) is 3.48. The predicted octanol–water partition coefficient (Wildman–Crippen LogP) is 3.08. The van der Waals surface area contributed by atoms with Crippen molar-refractivity contribution < 1.29 is 23.9 Å². The second-order valence-corrected chi connectivity index (χ2v) is 7.28. The smallest absolute Gasteiger partial charge is 0.338 e. The van der Waals surface area contributed by atoms with E-state index in [-0.39, 0.29) is 31.3 Å². The molecule has 1 heterocycles. The summed E-state index contributed by atoms with van der Waals surface area (Å²) >= 11 is 0. The number of hydrogen-bond acceptors (Lipinski definition) is 5. The number of ether oxygens (including phenoxy) is 2. The van der Waals surface area contributed by atoms with Gasteiger partial charge in [0.25, 0.3) is 5.91 Å². The number of Topliss-reactive ketones (excluding diaryl/α,β-unsaturated/α-hetero) is 1. The second kappa shape index (κ2) is 8.35. The average molecular weight is 381 g/mol. The zero-order valence-electron chi connectivity index (χ0n) is 16.0. The van der Waals surface area contributed by atoms with Crippen LogP contribution in [0.15, 0.2) is 60.7 Å². The van der Waals surface area contributed by atoms with E-state index in [4.69, 9.17) is 9.47 Å². The van der Waals surface area contributed by atoms with Crippen LogP contribution in [0, 0.1) is 0 Å². The van der Waals surface area contributed by atoms with E-state index in [0.29, 0.717) is 11.1 Å². The molecule has 1 saturated heterocycles. The molecule has 2 aromatic carbocycles. The maximum atomic E-state index is 12.5. The Labute approximate surface area is 164 Å². The highest BCUT2D eigenvalue weighted by Crippen LogP contribution is 2.27. The van der Waals surface area contributed by atoms with Crippen molar-refractivity contribution in [2.45, 2.75) is 32.0 Å². The van der Waals surface area contributed by atoms with Crippen LogP contribution in [0.25, 0.3) is 0 Å². The fraction of sp³-hybridized carbons (Fsp3) is 0.318. The molecule has 1 fully saturated rings. The fourth-order valence-corrected chi connectivity index (χ4v) is 3.22. The van der Waals surface area contributed by atoms with Crippen molar-refractivity contribution in [2.75, 3.05) is 13.2 Å². The molecule has 2 aromatic rings. The van der Waals surface area contributed by atoms with Gasteiger partial charge in [-0.3, -0.25) is 9.59 Å². The largest absolute Gasteiger partial charge is 0.460 e. The van der Waals surface area contributed by atoms with Crippen molar-refractivity contribution >= 4 is 17.7 Å². The number of carbonyl (C=O) groups excluding carboxylic acids is 3. The van der Waals surface area contributed by atoms with E-state index in [0.717, 1.165) is 0 Å². The zero-order chi connectivity index (χ0) is 20.1. The topological polar surface area (TPSA) is 72.9 Å². The van der Waals surface area contributed by atoms with Gasteiger partial charge in [-0.05, 0) is 26.0 Å². The van der Waals surface area contributed by atoms with Gasteiger partial charge in [-0.2, -0.15) is 0 Å². The number of hydrogen-bond donors (Lipinski definition) is 0. The minimum absolute atomic E-state index is 0.00808. The molecule has 0 aromatic heterocycles. The SMILES string of the molecule is CC(C)(COC(=O)c1ccccc1)N1C(=O)CO[C@H]1CC(=O)c1ccccc1. The maximum absolute atomic E-state index is 12.5. The summed E-state index contributed by atoms with van der Waals surface area (Å²) in [6.07, 6.45) is -0.642. The second-order valence-electron chi connectivity index (χ2n) is 7.28. The molecule has 1 aliphatic heterocycles. The maximum Gasteiger partial charge on any atom is 0.338 e. The van der Waals surface area contributed by atoms with E-state index in [9.17, 15) is 14.4 Å². The summed E-state index contributed by atoms with van der Waals surface area (Å²) < 4.78 is 11.0. The number of amides is 1. The highest BCUT2D eigenvalue weighted by Gasteiger charge is 2.43. The summed E-state index contributed by atoms with van der Waals surface area (Å²) in [4.78, 5) is 38.7. The van der Waals surface area contributed by atoms with Gasteiger partial charge < -0.3 is 14.4 Å². The number of benzene rings is 2. The number of nitrogens with zero attached hydrogens (tertiary/aromatic N) is 1. The Morgan fingerprint density at radius 3 is 2.21 bits per heavy atom. The molecule has 0 unspecified atom stereocenters. The van der Waals surface area contributed by atoms with Gasteiger partial charge in [0.2, 0.25) is 0 Å². The highest BCUT2D eigenvalue weighted by molar-refractivity contribution is 5.96. The molecule has 1 amide bonds. The molecule has 0 spiro atoms. The van der Waals surface area contributed by atoms with E-state index >= 15 is 0 Å². The lowest BCUT2D eigenvalue weighted by atomic mass is 10.0. The van der Waals surface area contributed by atoms with Gasteiger partial charge in [0.15, 0.2) is 5.78 Å². The third-order valence-corrected chi connectivity index (χ3v) is 4.63. The van der Waals surface area contributed by atoms with Crippen LogP contribution in [0.5, 0.6) is 0 Å². The Balaban J connectivity index is 1.67. The van der Waals surface area contributed by atoms with Crippen molar-refractivity contribution in [3.63, 3.8) is 0 Å². The molecular weight excluding hydrogens is 358 g/mol. The summed E-state index contributed by atoms with van der Waals surface area (Å²) in [7, 11) is 0. The van der Waals surface area contributed by atoms with Crippen molar-refractivity contribution in [3.05, 3.63) is 71.8 Å². The minimum Gasteiger partial charge on any atom is -0.460 e. The van der Waals surface area contributed by atoms with Gasteiger partial charge in [-0.25, -0.2) is 4.79 Å². The van der Waals surface area contributed by atoms with E-state index in [1.165, 1.54) is 4.90 Å². The molecule has 0 N–H and O–H groups in total. The van der Waals surface area contributed by atoms with Gasteiger partial charge in [-0.15, -0.1) is 0 Å². The molecule has 0 saturated carbocycles. The molecule has 146 valence electrons. The van der Waals surface area contributed by atoms with Gasteiger partial charge in [0, 0.05) is 5.56 Å². The Hall–Kier alpha value is -2.99. The molecule has 6 nitrogen and oxygen atoms in total. The Bertz CT molecular complexity index is 848. The first-order valence-corrected chi connectivity index (χ1v) is 9.13. The van der Waals surface area contributed by atoms with Crippen LogP contribution in [0.3, 0.4) is 0 Å². The van der Waals surface area contributed by atoms with E-state index in [1.807, 2.05) is 12.1 Å². The number of carbonyl (C=O) groups is 3. The standard InChI is InChI=1S/C22H23NO5/c1-22(2,15-28-21(26)17-11-7-4-8-12-17)23-19(25)14-27-20(23)13-18(24)16-9-5-3-6-10-16/h3-12,20H,13-15H2,1-2H3/t20-/m0/s1. The van der Waals surface area contributed by atoms with E-state index in [1.54, 1.807) is 62.4 Å². The summed E-state index contributed by atoms with van der Waals surface area (Å²) in [6, 6.07) is 17.5. The predicted molar refractivity (Wildman–Crippen MR) is 103 cm³/mol. The van der Waals surface area contributed by atoms with Crippen LogP contribution < -0.4 is 0 Å². The molecule has 6 heteroatoms. The highest BCUT2D eigenvalue weighted by atomic mass is 16.5. The van der Waals surface area contributed by atoms with Gasteiger partial charge in [-0.1, -0.05) is 48.5 Å². The van der Waals surface area contributed by atoms with E-state index < -0.39 is 17.7 Å². The minimum atomic E-state index is -0.820. The third kappa shape index (κ3) is 4.46. The molecule has 28 heavy (non-hydrogen) atoms. The van der Waals surface area contributed by atoms with Crippen LogP contribution in [0.1, 0.15) is 41.0 Å². The van der Waals surface area contributed by atoms with Crippen LogP contribution in [0.2, 0.25) is 0 Å². The molecule has 1 aliphatic rings. The van der Waals surface area contributed by atoms with Crippen molar-refractivity contribution in [1.29, 1.82) is 0 Å². The normalized spacial score (nSPS) is 16.9. The Kier molecular flexibility index (Phi) is 5.90.